The quantitative estimate of drug-likeness (QED) is 0.761. The number of nitrogens with one attached hydrogen (secondary N) is 1. The van der Waals surface area contributed by atoms with Crippen LogP contribution in [0.25, 0.3) is 11.3 Å². The summed E-state index contributed by atoms with van der Waals surface area (Å²) in [5, 5.41) is 12.0. The highest BCUT2D eigenvalue weighted by Gasteiger charge is 2.39. The zero-order valence-electron chi connectivity index (χ0n) is 13.5. The molecule has 1 aliphatic rings. The molecule has 1 saturated carbocycles. The Morgan fingerprint density at radius 2 is 1.68 bits per heavy atom. The third-order valence-electron chi connectivity index (χ3n) is 4.60. The molecule has 3 aromatic rings. The molecule has 7 heteroatoms. The van der Waals surface area contributed by atoms with E-state index in [0.717, 1.165) is 30.4 Å². The Hall–Kier alpha value is -3.09. The minimum absolute atomic E-state index is 0.200. The predicted molar refractivity (Wildman–Crippen MR) is 93.0 cm³/mol. The zero-order chi connectivity index (χ0) is 17.3. The molecule has 0 atom stereocenters. The first-order valence-corrected chi connectivity index (χ1v) is 8.10. The molecule has 4 rings (SSSR count). The van der Waals surface area contributed by atoms with Gasteiger partial charge in [0.1, 0.15) is 11.6 Å². The van der Waals surface area contributed by atoms with Gasteiger partial charge >= 0.3 is 0 Å². The standard InChI is InChI=1S/C18H17FN6/c19-14-4-2-13(3-5-14)18(8-1-9-18)23-16-7-6-15(24-25-16)12-10-21-17(20)22-11-12/h2-7,10-11H,1,8-9H2,(H,23,25)(H2,20,21,22). The third kappa shape index (κ3) is 3.00. The van der Waals surface area contributed by atoms with Gasteiger partial charge in [0, 0.05) is 18.0 Å². The van der Waals surface area contributed by atoms with Gasteiger partial charge in [-0.15, -0.1) is 10.2 Å². The summed E-state index contributed by atoms with van der Waals surface area (Å²) in [5.41, 5.74) is 7.79. The van der Waals surface area contributed by atoms with Crippen LogP contribution in [0.15, 0.2) is 48.8 Å². The van der Waals surface area contributed by atoms with E-state index in [9.17, 15) is 4.39 Å². The van der Waals surface area contributed by atoms with Crippen molar-refractivity contribution in [3.63, 3.8) is 0 Å². The number of hydrogen-bond donors (Lipinski definition) is 2. The highest BCUT2D eigenvalue weighted by atomic mass is 19.1. The van der Waals surface area contributed by atoms with Crippen LogP contribution >= 0.6 is 0 Å². The lowest BCUT2D eigenvalue weighted by atomic mass is 9.72. The summed E-state index contributed by atoms with van der Waals surface area (Å²) in [4.78, 5) is 7.92. The van der Waals surface area contributed by atoms with Gasteiger partial charge in [-0.05, 0) is 49.1 Å². The van der Waals surface area contributed by atoms with Gasteiger partial charge in [0.05, 0.1) is 11.2 Å². The number of hydrogen-bond acceptors (Lipinski definition) is 6. The van der Waals surface area contributed by atoms with Crippen molar-refractivity contribution in [2.75, 3.05) is 11.1 Å². The number of halogens is 1. The van der Waals surface area contributed by atoms with E-state index in [0.29, 0.717) is 11.5 Å². The van der Waals surface area contributed by atoms with Crippen LogP contribution in [0.3, 0.4) is 0 Å². The van der Waals surface area contributed by atoms with Crippen molar-refractivity contribution < 1.29 is 4.39 Å². The summed E-state index contributed by atoms with van der Waals surface area (Å²) in [6.45, 7) is 0. The Morgan fingerprint density at radius 3 is 2.24 bits per heavy atom. The van der Waals surface area contributed by atoms with E-state index in [1.54, 1.807) is 12.4 Å². The van der Waals surface area contributed by atoms with E-state index in [2.05, 4.69) is 25.5 Å². The van der Waals surface area contributed by atoms with Crippen LogP contribution in [-0.2, 0) is 5.54 Å². The van der Waals surface area contributed by atoms with E-state index < -0.39 is 0 Å². The molecule has 1 aromatic carbocycles. The fourth-order valence-corrected chi connectivity index (χ4v) is 3.05. The summed E-state index contributed by atoms with van der Waals surface area (Å²) in [7, 11) is 0. The smallest absolute Gasteiger partial charge is 0.219 e. The normalized spacial score (nSPS) is 15.4. The lowest BCUT2D eigenvalue weighted by Crippen LogP contribution is -2.42. The Labute approximate surface area is 144 Å². The van der Waals surface area contributed by atoms with E-state index in [1.165, 1.54) is 12.1 Å². The van der Waals surface area contributed by atoms with Crippen LogP contribution in [-0.4, -0.2) is 20.2 Å². The molecule has 2 heterocycles. The predicted octanol–water partition coefficient (Wildman–Crippen LogP) is 3.15. The highest BCUT2D eigenvalue weighted by molar-refractivity contribution is 5.58. The molecule has 0 spiro atoms. The largest absolute Gasteiger partial charge is 0.368 e. The monoisotopic (exact) mass is 336 g/mol. The third-order valence-corrected chi connectivity index (χ3v) is 4.60. The molecule has 1 fully saturated rings. The summed E-state index contributed by atoms with van der Waals surface area (Å²) in [6, 6.07) is 10.4. The van der Waals surface area contributed by atoms with Crippen molar-refractivity contribution in [3.05, 3.63) is 60.2 Å². The first-order valence-electron chi connectivity index (χ1n) is 8.10. The van der Waals surface area contributed by atoms with Crippen LogP contribution in [0.5, 0.6) is 0 Å². The minimum atomic E-state index is -0.229. The van der Waals surface area contributed by atoms with E-state index in [1.807, 2.05) is 24.3 Å². The van der Waals surface area contributed by atoms with Gasteiger partial charge < -0.3 is 11.1 Å². The molecule has 0 bridgehead atoms. The van der Waals surface area contributed by atoms with Crippen LogP contribution in [0.1, 0.15) is 24.8 Å². The molecule has 25 heavy (non-hydrogen) atoms. The summed E-state index contributed by atoms with van der Waals surface area (Å²) in [6.07, 6.45) is 6.32. The number of nitrogens with two attached hydrogens (primary N) is 1. The van der Waals surface area contributed by atoms with Gasteiger partial charge in [0.15, 0.2) is 0 Å². The lowest BCUT2D eigenvalue weighted by molar-refractivity contribution is 0.283. The molecule has 0 amide bonds. The highest BCUT2D eigenvalue weighted by Crippen LogP contribution is 2.43. The molecule has 126 valence electrons. The van der Waals surface area contributed by atoms with E-state index in [-0.39, 0.29) is 17.3 Å². The Kier molecular flexibility index (Phi) is 3.76. The van der Waals surface area contributed by atoms with Crippen molar-refractivity contribution in [2.24, 2.45) is 0 Å². The lowest BCUT2D eigenvalue weighted by Gasteiger charge is -2.43. The molecular weight excluding hydrogens is 319 g/mol. The van der Waals surface area contributed by atoms with Gasteiger partial charge in [-0.2, -0.15) is 0 Å². The van der Waals surface area contributed by atoms with Crippen LogP contribution in [0, 0.1) is 5.82 Å². The van der Waals surface area contributed by atoms with E-state index in [4.69, 9.17) is 5.73 Å². The molecule has 0 unspecified atom stereocenters. The number of anilines is 2. The summed E-state index contributed by atoms with van der Waals surface area (Å²) < 4.78 is 13.2. The maximum atomic E-state index is 13.2. The Morgan fingerprint density at radius 1 is 0.960 bits per heavy atom. The molecule has 2 aromatic heterocycles. The topological polar surface area (TPSA) is 89.6 Å². The number of nitrogen functional groups attached to an aromatic ring is 1. The molecule has 0 saturated heterocycles. The van der Waals surface area contributed by atoms with Gasteiger partial charge in [-0.3, -0.25) is 0 Å². The Bertz CT molecular complexity index is 858. The van der Waals surface area contributed by atoms with Crippen LogP contribution in [0.2, 0.25) is 0 Å². The van der Waals surface area contributed by atoms with Crippen molar-refractivity contribution in [1.82, 2.24) is 20.2 Å². The zero-order valence-corrected chi connectivity index (χ0v) is 13.5. The van der Waals surface area contributed by atoms with Gasteiger partial charge in [0.25, 0.3) is 0 Å². The second-order valence-corrected chi connectivity index (χ2v) is 6.20. The molecule has 6 nitrogen and oxygen atoms in total. The van der Waals surface area contributed by atoms with Crippen molar-refractivity contribution in [3.8, 4) is 11.3 Å². The second kappa shape index (κ2) is 6.08. The fourth-order valence-electron chi connectivity index (χ4n) is 3.05. The SMILES string of the molecule is Nc1ncc(-c2ccc(NC3(c4ccc(F)cc4)CCC3)nn2)cn1. The van der Waals surface area contributed by atoms with Gasteiger partial charge in [0.2, 0.25) is 5.95 Å². The van der Waals surface area contributed by atoms with Crippen LogP contribution in [0.4, 0.5) is 16.2 Å². The first-order chi connectivity index (χ1) is 12.1. The number of rotatable bonds is 4. The van der Waals surface area contributed by atoms with Crippen LogP contribution < -0.4 is 11.1 Å². The molecular formula is C18H17FN6. The number of nitrogens with zero attached hydrogens (tertiary/aromatic N) is 4. The summed E-state index contributed by atoms with van der Waals surface area (Å²) >= 11 is 0. The maximum absolute atomic E-state index is 13.2. The summed E-state index contributed by atoms with van der Waals surface area (Å²) in [5.74, 6) is 0.679. The number of benzene rings is 1. The van der Waals surface area contributed by atoms with E-state index >= 15 is 0 Å². The van der Waals surface area contributed by atoms with Gasteiger partial charge in [-0.25, -0.2) is 14.4 Å². The first kappa shape index (κ1) is 15.4. The second-order valence-electron chi connectivity index (χ2n) is 6.20. The molecule has 1 aliphatic carbocycles. The maximum Gasteiger partial charge on any atom is 0.219 e. The Balaban J connectivity index is 1.55. The fraction of sp³-hybridized carbons (Fsp3) is 0.222. The number of aromatic nitrogens is 4. The molecule has 0 radical (unpaired) electrons. The van der Waals surface area contributed by atoms with Crippen molar-refractivity contribution in [2.45, 2.75) is 24.8 Å². The van der Waals surface area contributed by atoms with Crippen molar-refractivity contribution in [1.29, 1.82) is 0 Å². The average molecular weight is 336 g/mol. The average Bonchev–Trinajstić information content (AvgIpc) is 2.60. The molecule has 3 N–H and O–H groups in total. The molecule has 0 aliphatic heterocycles. The minimum Gasteiger partial charge on any atom is -0.368 e. The van der Waals surface area contributed by atoms with Crippen molar-refractivity contribution >= 4 is 11.8 Å². The van der Waals surface area contributed by atoms with Gasteiger partial charge in [-0.1, -0.05) is 12.1 Å².